The van der Waals surface area contributed by atoms with Gasteiger partial charge in [0.2, 0.25) is 0 Å². The maximum atomic E-state index is 5.23. The summed E-state index contributed by atoms with van der Waals surface area (Å²) in [5.74, 6) is 5.80. The smallest absolute Gasteiger partial charge is 0.191 e. The van der Waals surface area contributed by atoms with E-state index in [1.165, 1.54) is 0 Å². The van der Waals surface area contributed by atoms with Gasteiger partial charge in [0.05, 0.1) is 5.39 Å². The Hall–Kier alpha value is -1.55. The summed E-state index contributed by atoms with van der Waals surface area (Å²) in [6.45, 7) is 2.00. The lowest BCUT2D eigenvalue weighted by Gasteiger charge is -1.92. The predicted molar refractivity (Wildman–Crippen MR) is 46.6 cm³/mol. The van der Waals surface area contributed by atoms with E-state index in [1.54, 1.807) is 0 Å². The second-order valence-corrected chi connectivity index (χ2v) is 2.68. The molecule has 0 fully saturated rings. The first kappa shape index (κ1) is 7.12. The van der Waals surface area contributed by atoms with Gasteiger partial charge in [0.15, 0.2) is 11.4 Å². The maximum absolute atomic E-state index is 5.23. The molecule has 2 aromatic rings. The Morgan fingerprint density at radius 3 is 3.08 bits per heavy atom. The first-order valence-corrected chi connectivity index (χ1v) is 3.64. The van der Waals surface area contributed by atoms with E-state index in [1.807, 2.05) is 25.1 Å². The van der Waals surface area contributed by atoms with Gasteiger partial charge in [0.1, 0.15) is 0 Å². The SMILES string of the molecule is Cc1ccc2c(NN)noc2c1. The molecule has 0 aliphatic carbocycles. The topological polar surface area (TPSA) is 64.1 Å². The molecule has 0 saturated carbocycles. The number of hydrazine groups is 1. The fourth-order valence-corrected chi connectivity index (χ4v) is 1.15. The van der Waals surface area contributed by atoms with Gasteiger partial charge in [0, 0.05) is 0 Å². The monoisotopic (exact) mass is 163 g/mol. The van der Waals surface area contributed by atoms with Crippen LogP contribution >= 0.6 is 0 Å². The van der Waals surface area contributed by atoms with Crippen LogP contribution in [-0.4, -0.2) is 5.16 Å². The van der Waals surface area contributed by atoms with Crippen molar-refractivity contribution in [2.45, 2.75) is 6.92 Å². The molecule has 0 spiro atoms. The highest BCUT2D eigenvalue weighted by atomic mass is 16.5. The number of nitrogens with zero attached hydrogens (tertiary/aromatic N) is 1. The Morgan fingerprint density at radius 1 is 1.50 bits per heavy atom. The zero-order chi connectivity index (χ0) is 8.55. The van der Waals surface area contributed by atoms with Crippen LogP contribution < -0.4 is 11.3 Å². The second-order valence-electron chi connectivity index (χ2n) is 2.68. The summed E-state index contributed by atoms with van der Waals surface area (Å²) >= 11 is 0. The minimum absolute atomic E-state index is 0.574. The third kappa shape index (κ3) is 0.931. The van der Waals surface area contributed by atoms with Gasteiger partial charge in [-0.3, -0.25) is 0 Å². The van der Waals surface area contributed by atoms with E-state index in [2.05, 4.69) is 10.6 Å². The largest absolute Gasteiger partial charge is 0.354 e. The van der Waals surface area contributed by atoms with E-state index in [9.17, 15) is 0 Å². The van der Waals surface area contributed by atoms with Crippen LogP contribution in [0.4, 0.5) is 5.82 Å². The molecule has 0 bridgehead atoms. The number of anilines is 1. The van der Waals surface area contributed by atoms with Crippen molar-refractivity contribution in [1.82, 2.24) is 5.16 Å². The number of rotatable bonds is 1. The van der Waals surface area contributed by atoms with Crippen molar-refractivity contribution < 1.29 is 4.52 Å². The Bertz CT molecular complexity index is 408. The Labute approximate surface area is 69.3 Å². The van der Waals surface area contributed by atoms with Gasteiger partial charge in [-0.15, -0.1) is 0 Å². The zero-order valence-electron chi connectivity index (χ0n) is 6.66. The molecule has 0 atom stereocenters. The molecule has 0 aliphatic rings. The summed E-state index contributed by atoms with van der Waals surface area (Å²) in [4.78, 5) is 0. The molecule has 4 nitrogen and oxygen atoms in total. The number of nitrogens with two attached hydrogens (primary N) is 1. The van der Waals surface area contributed by atoms with Crippen LogP contribution in [-0.2, 0) is 0 Å². The van der Waals surface area contributed by atoms with Crippen molar-refractivity contribution in [3.05, 3.63) is 23.8 Å². The number of nitrogens with one attached hydrogen (secondary N) is 1. The molecule has 12 heavy (non-hydrogen) atoms. The number of nitrogen functional groups attached to an aromatic ring is 1. The van der Waals surface area contributed by atoms with Gasteiger partial charge in [-0.05, 0) is 24.6 Å². The Morgan fingerprint density at radius 2 is 2.33 bits per heavy atom. The van der Waals surface area contributed by atoms with E-state index in [0.717, 1.165) is 16.5 Å². The van der Waals surface area contributed by atoms with Gasteiger partial charge < -0.3 is 9.95 Å². The van der Waals surface area contributed by atoms with E-state index >= 15 is 0 Å². The summed E-state index contributed by atoms with van der Waals surface area (Å²) in [7, 11) is 0. The van der Waals surface area contributed by atoms with Crippen molar-refractivity contribution in [1.29, 1.82) is 0 Å². The molecule has 62 valence electrons. The molecule has 0 unspecified atom stereocenters. The van der Waals surface area contributed by atoms with Crippen molar-refractivity contribution >= 4 is 16.8 Å². The lowest BCUT2D eigenvalue weighted by molar-refractivity contribution is 0.459. The van der Waals surface area contributed by atoms with Gasteiger partial charge in [-0.2, -0.15) is 0 Å². The third-order valence-electron chi connectivity index (χ3n) is 1.76. The normalized spacial score (nSPS) is 10.5. The first-order chi connectivity index (χ1) is 5.81. The maximum Gasteiger partial charge on any atom is 0.191 e. The summed E-state index contributed by atoms with van der Waals surface area (Å²) in [6, 6.07) is 5.83. The molecular weight excluding hydrogens is 154 g/mol. The van der Waals surface area contributed by atoms with Gasteiger partial charge in [-0.25, -0.2) is 5.84 Å². The molecule has 0 aliphatic heterocycles. The number of hydrogen-bond donors (Lipinski definition) is 2. The van der Waals surface area contributed by atoms with Crippen LogP contribution in [0.1, 0.15) is 5.56 Å². The molecule has 2 rings (SSSR count). The minimum Gasteiger partial charge on any atom is -0.354 e. The van der Waals surface area contributed by atoms with Crippen molar-refractivity contribution in [3.63, 3.8) is 0 Å². The van der Waals surface area contributed by atoms with Crippen molar-refractivity contribution in [3.8, 4) is 0 Å². The minimum atomic E-state index is 0.574. The fourth-order valence-electron chi connectivity index (χ4n) is 1.15. The van der Waals surface area contributed by atoms with Crippen LogP contribution in [0.3, 0.4) is 0 Å². The fraction of sp³-hybridized carbons (Fsp3) is 0.125. The highest BCUT2D eigenvalue weighted by molar-refractivity contribution is 5.88. The number of hydrogen-bond acceptors (Lipinski definition) is 4. The molecule has 1 heterocycles. The number of fused-ring (bicyclic) bond motifs is 1. The molecule has 3 N–H and O–H groups in total. The van der Waals surface area contributed by atoms with Crippen LogP contribution in [0.2, 0.25) is 0 Å². The van der Waals surface area contributed by atoms with Gasteiger partial charge >= 0.3 is 0 Å². The van der Waals surface area contributed by atoms with Crippen LogP contribution in [0, 0.1) is 6.92 Å². The third-order valence-corrected chi connectivity index (χ3v) is 1.76. The van der Waals surface area contributed by atoms with Crippen LogP contribution in [0.15, 0.2) is 22.7 Å². The first-order valence-electron chi connectivity index (χ1n) is 3.64. The number of benzene rings is 1. The molecule has 0 radical (unpaired) electrons. The van der Waals surface area contributed by atoms with Crippen molar-refractivity contribution in [2.24, 2.45) is 5.84 Å². The standard InChI is InChI=1S/C8H9N3O/c1-5-2-3-6-7(4-5)12-11-8(6)10-9/h2-4H,9H2,1H3,(H,10,11). The van der Waals surface area contributed by atoms with Gasteiger partial charge in [0.25, 0.3) is 0 Å². The second kappa shape index (κ2) is 2.49. The summed E-state index contributed by atoms with van der Waals surface area (Å²) in [6.07, 6.45) is 0. The predicted octanol–water partition coefficient (Wildman–Crippen LogP) is 1.42. The summed E-state index contributed by atoms with van der Waals surface area (Å²) < 4.78 is 5.03. The van der Waals surface area contributed by atoms with Gasteiger partial charge in [-0.1, -0.05) is 11.2 Å². The quantitative estimate of drug-likeness (QED) is 0.493. The summed E-state index contributed by atoms with van der Waals surface area (Å²) in [5, 5.41) is 4.65. The molecule has 0 saturated heterocycles. The molecular formula is C8H9N3O. The Balaban J connectivity index is 2.73. The summed E-state index contributed by atoms with van der Waals surface area (Å²) in [5.41, 5.74) is 4.36. The molecule has 1 aromatic heterocycles. The molecule has 0 amide bonds. The number of aromatic nitrogens is 1. The van der Waals surface area contributed by atoms with Crippen LogP contribution in [0.25, 0.3) is 11.0 Å². The van der Waals surface area contributed by atoms with Crippen molar-refractivity contribution in [2.75, 3.05) is 5.43 Å². The lowest BCUT2D eigenvalue weighted by atomic mass is 10.2. The van der Waals surface area contributed by atoms with E-state index < -0.39 is 0 Å². The highest BCUT2D eigenvalue weighted by Gasteiger charge is 2.05. The molecule has 4 heteroatoms. The average Bonchev–Trinajstić information content (AvgIpc) is 2.46. The lowest BCUT2D eigenvalue weighted by Crippen LogP contribution is -2.06. The van der Waals surface area contributed by atoms with E-state index in [0.29, 0.717) is 5.82 Å². The highest BCUT2D eigenvalue weighted by Crippen LogP contribution is 2.22. The van der Waals surface area contributed by atoms with Crippen LogP contribution in [0.5, 0.6) is 0 Å². The number of aryl methyl sites for hydroxylation is 1. The molecule has 1 aromatic carbocycles. The van der Waals surface area contributed by atoms with E-state index in [4.69, 9.17) is 10.4 Å². The Kier molecular flexibility index (Phi) is 1.48. The average molecular weight is 163 g/mol. The zero-order valence-corrected chi connectivity index (χ0v) is 6.66. The van der Waals surface area contributed by atoms with E-state index in [-0.39, 0.29) is 0 Å².